The third-order valence-corrected chi connectivity index (χ3v) is 2.73. The maximum Gasteiger partial charge on any atom is 0.239 e. The van der Waals surface area contributed by atoms with Gasteiger partial charge in [0.25, 0.3) is 0 Å². The van der Waals surface area contributed by atoms with Gasteiger partial charge in [0.2, 0.25) is 5.91 Å². The fourth-order valence-electron chi connectivity index (χ4n) is 1.75. The minimum absolute atomic E-state index is 0.0789. The van der Waals surface area contributed by atoms with Crippen molar-refractivity contribution < 1.29 is 4.79 Å². The van der Waals surface area contributed by atoms with Crippen molar-refractivity contribution in [2.24, 2.45) is 0 Å². The maximum atomic E-state index is 11.6. The van der Waals surface area contributed by atoms with Gasteiger partial charge in [-0.1, -0.05) is 19.1 Å². The first-order chi connectivity index (χ1) is 8.04. The van der Waals surface area contributed by atoms with Crippen LogP contribution in [0.25, 0.3) is 0 Å². The number of likely N-dealkylation sites (N-methyl/N-ethyl adjacent to an activating group) is 1. The first-order valence-electron chi connectivity index (χ1n) is 6.09. The Morgan fingerprint density at radius 1 is 1.35 bits per heavy atom. The third kappa shape index (κ3) is 4.10. The molecule has 0 saturated carbocycles. The van der Waals surface area contributed by atoms with Gasteiger partial charge in [-0.2, -0.15) is 0 Å². The molecule has 94 valence electrons. The molecular weight excluding hydrogens is 212 g/mol. The first-order valence-corrected chi connectivity index (χ1v) is 6.09. The lowest BCUT2D eigenvalue weighted by Crippen LogP contribution is -2.35. The van der Waals surface area contributed by atoms with E-state index in [1.807, 2.05) is 11.9 Å². The van der Waals surface area contributed by atoms with E-state index in [1.54, 1.807) is 0 Å². The van der Waals surface area contributed by atoms with Crippen molar-refractivity contribution in [3.05, 3.63) is 29.3 Å². The summed E-state index contributed by atoms with van der Waals surface area (Å²) in [5.74, 6) is 0.0789. The predicted octanol–water partition coefficient (Wildman–Crippen LogP) is 2.27. The van der Waals surface area contributed by atoms with Crippen molar-refractivity contribution in [3.8, 4) is 0 Å². The molecule has 0 aliphatic carbocycles. The summed E-state index contributed by atoms with van der Waals surface area (Å²) >= 11 is 0. The van der Waals surface area contributed by atoms with Crippen molar-refractivity contribution >= 4 is 11.6 Å². The van der Waals surface area contributed by atoms with Crippen LogP contribution in [0.3, 0.4) is 0 Å². The molecule has 17 heavy (non-hydrogen) atoms. The van der Waals surface area contributed by atoms with Crippen LogP contribution in [0.2, 0.25) is 0 Å². The molecule has 1 N–H and O–H groups in total. The second-order valence-corrected chi connectivity index (χ2v) is 4.50. The summed E-state index contributed by atoms with van der Waals surface area (Å²) in [5, 5.41) is 2.89. The monoisotopic (exact) mass is 234 g/mol. The summed E-state index contributed by atoms with van der Waals surface area (Å²) in [7, 11) is 1.95. The van der Waals surface area contributed by atoms with Gasteiger partial charge in [0, 0.05) is 19.3 Å². The van der Waals surface area contributed by atoms with Crippen LogP contribution in [0.5, 0.6) is 0 Å². The van der Waals surface area contributed by atoms with Crippen molar-refractivity contribution in [1.82, 2.24) is 5.32 Å². The Morgan fingerprint density at radius 3 is 2.71 bits per heavy atom. The second-order valence-electron chi connectivity index (χ2n) is 4.50. The standard InChI is InChI=1S/C14H22N2O/c1-5-8-15-14(17)10-16(4)13-9-11(2)6-7-12(13)3/h6-7,9H,5,8,10H2,1-4H3,(H,15,17). The molecule has 0 saturated heterocycles. The molecule has 3 heteroatoms. The normalized spacial score (nSPS) is 10.1. The largest absolute Gasteiger partial charge is 0.365 e. The van der Waals surface area contributed by atoms with Gasteiger partial charge >= 0.3 is 0 Å². The van der Waals surface area contributed by atoms with Gasteiger partial charge in [-0.25, -0.2) is 0 Å². The van der Waals surface area contributed by atoms with Crippen LogP contribution < -0.4 is 10.2 Å². The molecule has 0 aliphatic rings. The van der Waals surface area contributed by atoms with Crippen molar-refractivity contribution in [2.45, 2.75) is 27.2 Å². The zero-order chi connectivity index (χ0) is 12.8. The van der Waals surface area contributed by atoms with Gasteiger partial charge in [-0.15, -0.1) is 0 Å². The highest BCUT2D eigenvalue weighted by Gasteiger charge is 2.09. The van der Waals surface area contributed by atoms with Crippen LogP contribution in [0.4, 0.5) is 5.69 Å². The number of nitrogens with zero attached hydrogens (tertiary/aromatic N) is 1. The fourth-order valence-corrected chi connectivity index (χ4v) is 1.75. The molecule has 3 nitrogen and oxygen atoms in total. The Labute approximate surface area is 104 Å². The average Bonchev–Trinajstić information content (AvgIpc) is 2.29. The van der Waals surface area contributed by atoms with Crippen molar-refractivity contribution in [1.29, 1.82) is 0 Å². The first kappa shape index (κ1) is 13.6. The van der Waals surface area contributed by atoms with Gasteiger partial charge in [0.15, 0.2) is 0 Å². The van der Waals surface area contributed by atoms with E-state index in [0.29, 0.717) is 6.54 Å². The number of benzene rings is 1. The lowest BCUT2D eigenvalue weighted by Gasteiger charge is -2.21. The Kier molecular flexibility index (Phi) is 5.01. The Hall–Kier alpha value is -1.51. The molecule has 0 spiro atoms. The van der Waals surface area contributed by atoms with Crippen LogP contribution in [-0.4, -0.2) is 26.0 Å². The number of carbonyl (C=O) groups is 1. The molecule has 0 aromatic heterocycles. The molecule has 1 aromatic carbocycles. The van der Waals surface area contributed by atoms with Crippen LogP contribution in [0, 0.1) is 13.8 Å². The Morgan fingerprint density at radius 2 is 2.06 bits per heavy atom. The van der Waals surface area contributed by atoms with Gasteiger partial charge in [0.1, 0.15) is 0 Å². The molecule has 1 aromatic rings. The van der Waals surface area contributed by atoms with E-state index in [1.165, 1.54) is 11.1 Å². The lowest BCUT2D eigenvalue weighted by atomic mass is 10.1. The quantitative estimate of drug-likeness (QED) is 0.847. The lowest BCUT2D eigenvalue weighted by molar-refractivity contribution is -0.119. The van der Waals surface area contributed by atoms with E-state index in [0.717, 1.165) is 18.7 Å². The van der Waals surface area contributed by atoms with E-state index in [2.05, 4.69) is 44.3 Å². The molecular formula is C14H22N2O. The number of rotatable bonds is 5. The molecule has 0 bridgehead atoms. The third-order valence-electron chi connectivity index (χ3n) is 2.73. The van der Waals surface area contributed by atoms with E-state index in [-0.39, 0.29) is 5.91 Å². The highest BCUT2D eigenvalue weighted by Crippen LogP contribution is 2.19. The molecule has 0 heterocycles. The fraction of sp³-hybridized carbons (Fsp3) is 0.500. The van der Waals surface area contributed by atoms with E-state index < -0.39 is 0 Å². The zero-order valence-corrected chi connectivity index (χ0v) is 11.2. The molecule has 0 radical (unpaired) electrons. The number of anilines is 1. The highest BCUT2D eigenvalue weighted by atomic mass is 16.2. The smallest absolute Gasteiger partial charge is 0.239 e. The highest BCUT2D eigenvalue weighted by molar-refractivity contribution is 5.81. The van der Waals surface area contributed by atoms with Gasteiger partial charge in [-0.3, -0.25) is 4.79 Å². The van der Waals surface area contributed by atoms with Gasteiger partial charge < -0.3 is 10.2 Å². The van der Waals surface area contributed by atoms with Crippen molar-refractivity contribution in [2.75, 3.05) is 25.0 Å². The van der Waals surface area contributed by atoms with Crippen LogP contribution in [0.15, 0.2) is 18.2 Å². The van der Waals surface area contributed by atoms with Crippen molar-refractivity contribution in [3.63, 3.8) is 0 Å². The topological polar surface area (TPSA) is 32.3 Å². The van der Waals surface area contributed by atoms with Crippen LogP contribution in [0.1, 0.15) is 24.5 Å². The number of carbonyl (C=O) groups excluding carboxylic acids is 1. The second kappa shape index (κ2) is 6.28. The molecule has 0 fully saturated rings. The summed E-state index contributed by atoms with van der Waals surface area (Å²) in [6.07, 6.45) is 0.971. The SMILES string of the molecule is CCCNC(=O)CN(C)c1cc(C)ccc1C. The summed E-state index contributed by atoms with van der Waals surface area (Å²) in [6, 6.07) is 6.29. The number of amides is 1. The average molecular weight is 234 g/mol. The molecule has 0 atom stereocenters. The van der Waals surface area contributed by atoms with E-state index in [9.17, 15) is 4.79 Å². The maximum absolute atomic E-state index is 11.6. The minimum atomic E-state index is 0.0789. The van der Waals surface area contributed by atoms with Crippen LogP contribution in [-0.2, 0) is 4.79 Å². The summed E-state index contributed by atoms with van der Waals surface area (Å²) < 4.78 is 0. The Balaban J connectivity index is 2.66. The molecule has 1 rings (SSSR count). The molecule has 0 aliphatic heterocycles. The summed E-state index contributed by atoms with van der Waals surface area (Å²) in [6.45, 7) is 7.33. The number of hydrogen-bond donors (Lipinski definition) is 1. The van der Waals surface area contributed by atoms with Gasteiger partial charge in [0.05, 0.1) is 6.54 Å². The van der Waals surface area contributed by atoms with Crippen LogP contribution >= 0.6 is 0 Å². The predicted molar refractivity (Wildman–Crippen MR) is 72.5 cm³/mol. The number of aryl methyl sites for hydroxylation is 2. The number of hydrogen-bond acceptors (Lipinski definition) is 2. The Bertz CT molecular complexity index is 388. The zero-order valence-electron chi connectivity index (χ0n) is 11.2. The number of nitrogens with one attached hydrogen (secondary N) is 1. The van der Waals surface area contributed by atoms with Gasteiger partial charge in [-0.05, 0) is 37.5 Å². The van der Waals surface area contributed by atoms with E-state index in [4.69, 9.17) is 0 Å². The summed E-state index contributed by atoms with van der Waals surface area (Å²) in [4.78, 5) is 13.6. The summed E-state index contributed by atoms with van der Waals surface area (Å²) in [5.41, 5.74) is 3.53. The molecule has 1 amide bonds. The minimum Gasteiger partial charge on any atom is -0.365 e. The van der Waals surface area contributed by atoms with E-state index >= 15 is 0 Å². The molecule has 0 unspecified atom stereocenters.